The minimum atomic E-state index is 0. The van der Waals surface area contributed by atoms with E-state index < -0.39 is 0 Å². The van der Waals surface area contributed by atoms with E-state index in [-0.39, 0.29) is 90.2 Å². The van der Waals surface area contributed by atoms with Crippen LogP contribution in [0.25, 0.3) is 0 Å². The normalized spacial score (nSPS) is 42.1. The third-order valence-electron chi connectivity index (χ3n) is 18.1. The van der Waals surface area contributed by atoms with E-state index in [1.165, 1.54) is 0 Å². The molecule has 370 valence electrons. The standard InChI is InChI=1S/C56H72N8O4.Ni/c1-5-13-33(14-6-1)65-37-21-25-41-45(29-37)53-57-49(41)62-54-47-31-39(67-35-17-9-3-10-18-35)23-27-43(47)51(59-54)64-56-48-32-40(68-36-19-11-4-12-20-36)24-28-44(48)52(60-56)63-55-46-30-38(66-34-15-7-2-8-16-34)22-26-42(46)50(58-55)61-53;/h1-20,37-64H,21-32H2;. The summed E-state index contributed by atoms with van der Waals surface area (Å²) in [6.45, 7) is 0. The van der Waals surface area contributed by atoms with Crippen molar-refractivity contribution in [2.24, 2.45) is 47.3 Å². The van der Waals surface area contributed by atoms with Crippen LogP contribution in [0.2, 0.25) is 0 Å². The van der Waals surface area contributed by atoms with Gasteiger partial charge in [0.25, 0.3) is 0 Å². The molecule has 0 spiro atoms. The number of nitrogens with one attached hydrogen (secondary N) is 8. The monoisotopic (exact) mass is 979 g/mol. The molecular weight excluding hydrogens is 907 g/mol. The predicted molar refractivity (Wildman–Crippen MR) is 262 cm³/mol. The average Bonchev–Trinajstić information content (AvgIpc) is 4.10. The quantitative estimate of drug-likeness (QED) is 0.0881. The van der Waals surface area contributed by atoms with E-state index in [0.717, 1.165) is 100 Å². The van der Waals surface area contributed by atoms with E-state index >= 15 is 0 Å². The van der Waals surface area contributed by atoms with Crippen LogP contribution in [-0.2, 0) is 16.5 Å². The van der Waals surface area contributed by atoms with Gasteiger partial charge in [0.15, 0.2) is 0 Å². The van der Waals surface area contributed by atoms with Gasteiger partial charge in [-0.1, -0.05) is 72.8 Å². The molecule has 12 unspecified atom stereocenters. The van der Waals surface area contributed by atoms with E-state index in [0.29, 0.717) is 47.3 Å². The first-order chi connectivity index (χ1) is 33.6. The Labute approximate surface area is 418 Å². The molecule has 0 amide bonds. The zero-order valence-corrected chi connectivity index (χ0v) is 40.5. The Balaban J connectivity index is 0.00000492. The minimum absolute atomic E-state index is 0. The summed E-state index contributed by atoms with van der Waals surface area (Å²) in [6.07, 6.45) is 14.6. The topological polar surface area (TPSA) is 133 Å². The van der Waals surface area contributed by atoms with Gasteiger partial charge in [-0.15, -0.1) is 0 Å². The summed E-state index contributed by atoms with van der Waals surface area (Å²) in [5.41, 5.74) is 0. The number of hydrogen-bond acceptors (Lipinski definition) is 12. The van der Waals surface area contributed by atoms with Gasteiger partial charge in [0.2, 0.25) is 0 Å². The fourth-order valence-corrected chi connectivity index (χ4v) is 15.0. The van der Waals surface area contributed by atoms with Crippen LogP contribution in [0.5, 0.6) is 23.0 Å². The largest absolute Gasteiger partial charge is 0.490 e. The molecule has 4 saturated carbocycles. The van der Waals surface area contributed by atoms with Gasteiger partial charge >= 0.3 is 0 Å². The molecule has 4 aromatic rings. The molecule has 5 saturated heterocycles. The number of para-hydroxylation sites is 4. The van der Waals surface area contributed by atoms with Gasteiger partial charge in [-0.25, -0.2) is 0 Å². The van der Waals surface area contributed by atoms with Crippen LogP contribution >= 0.6 is 0 Å². The second kappa shape index (κ2) is 20.4. The first-order valence-corrected chi connectivity index (χ1v) is 26.6. The summed E-state index contributed by atoms with van der Waals surface area (Å²) in [4.78, 5) is 0. The fourth-order valence-electron chi connectivity index (χ4n) is 15.0. The van der Waals surface area contributed by atoms with E-state index in [9.17, 15) is 0 Å². The van der Waals surface area contributed by atoms with Crippen molar-refractivity contribution in [1.82, 2.24) is 42.5 Å². The number of fused-ring (bicyclic) bond motifs is 20. The summed E-state index contributed by atoms with van der Waals surface area (Å²) in [7, 11) is 0. The third kappa shape index (κ3) is 9.70. The molecule has 0 aromatic heterocycles. The van der Waals surface area contributed by atoms with Gasteiger partial charge in [-0.3, -0.25) is 42.5 Å². The molecule has 13 heteroatoms. The summed E-state index contributed by atoms with van der Waals surface area (Å²) < 4.78 is 27.0. The molecular formula is C56H72N8NiO4. The Morgan fingerprint density at radius 2 is 0.435 bits per heavy atom. The van der Waals surface area contributed by atoms with Crippen molar-refractivity contribution >= 4 is 0 Å². The molecule has 12 atom stereocenters. The van der Waals surface area contributed by atoms with Gasteiger partial charge in [0.1, 0.15) is 23.0 Å². The van der Waals surface area contributed by atoms with Crippen LogP contribution < -0.4 is 61.5 Å². The Kier molecular flexibility index (Phi) is 13.7. The number of ether oxygens (including phenoxy) is 4. The molecule has 5 heterocycles. The summed E-state index contributed by atoms with van der Waals surface area (Å²) in [5.74, 6) is 7.41. The van der Waals surface area contributed by atoms with Gasteiger partial charge in [-0.2, -0.15) is 0 Å². The molecule has 8 N–H and O–H groups in total. The first-order valence-electron chi connectivity index (χ1n) is 26.6. The second-order valence-electron chi connectivity index (χ2n) is 21.9. The first kappa shape index (κ1) is 46.3. The molecule has 9 aliphatic rings. The maximum absolute atomic E-state index is 6.76. The van der Waals surface area contributed by atoms with Gasteiger partial charge in [0, 0.05) is 16.5 Å². The van der Waals surface area contributed by atoms with Crippen LogP contribution in [0, 0.1) is 47.3 Å². The van der Waals surface area contributed by atoms with E-state index in [2.05, 4.69) is 164 Å². The van der Waals surface area contributed by atoms with Crippen molar-refractivity contribution in [3.8, 4) is 23.0 Å². The van der Waals surface area contributed by atoms with Crippen LogP contribution in [0.15, 0.2) is 121 Å². The fraction of sp³-hybridized carbons (Fsp3) is 0.571. The van der Waals surface area contributed by atoms with E-state index in [4.69, 9.17) is 18.9 Å². The van der Waals surface area contributed by atoms with Gasteiger partial charge < -0.3 is 18.9 Å². The Morgan fingerprint density at radius 3 is 0.638 bits per heavy atom. The van der Waals surface area contributed by atoms with Crippen molar-refractivity contribution in [2.75, 3.05) is 0 Å². The molecule has 0 radical (unpaired) electrons. The molecule has 4 aromatic carbocycles. The predicted octanol–water partition coefficient (Wildman–Crippen LogP) is 6.83. The molecule has 12 nitrogen and oxygen atoms in total. The maximum atomic E-state index is 6.76. The Bertz CT molecular complexity index is 1960. The molecule has 8 bridgehead atoms. The average molecular weight is 980 g/mol. The summed E-state index contributed by atoms with van der Waals surface area (Å²) >= 11 is 0. The third-order valence-corrected chi connectivity index (χ3v) is 18.1. The number of benzene rings is 4. The smallest absolute Gasteiger partial charge is 0.119 e. The summed E-state index contributed by atoms with van der Waals surface area (Å²) in [6, 6.07) is 41.9. The molecule has 69 heavy (non-hydrogen) atoms. The van der Waals surface area contributed by atoms with Gasteiger partial charge in [0.05, 0.1) is 73.7 Å². The second-order valence-corrected chi connectivity index (χ2v) is 21.9. The Morgan fingerprint density at radius 1 is 0.246 bits per heavy atom. The minimum Gasteiger partial charge on any atom is -0.490 e. The van der Waals surface area contributed by atoms with Crippen molar-refractivity contribution in [3.05, 3.63) is 121 Å². The van der Waals surface area contributed by atoms with Gasteiger partial charge in [-0.05, 0) is 173 Å². The zero-order chi connectivity index (χ0) is 45.0. The number of hydrogen-bond donors (Lipinski definition) is 8. The van der Waals surface area contributed by atoms with Crippen LogP contribution in [0.3, 0.4) is 0 Å². The van der Waals surface area contributed by atoms with Crippen LogP contribution in [0.4, 0.5) is 0 Å². The molecule has 9 fully saturated rings. The molecule has 5 aliphatic heterocycles. The zero-order valence-electron chi connectivity index (χ0n) is 39.5. The van der Waals surface area contributed by atoms with E-state index in [1.54, 1.807) is 0 Å². The summed E-state index contributed by atoms with van der Waals surface area (Å²) in [5, 5.41) is 34.4. The van der Waals surface area contributed by atoms with Crippen molar-refractivity contribution < 1.29 is 35.4 Å². The SMILES string of the molecule is [Ni].c1ccc(OC2CCC3C4NC(NC5NC(NC6NC(NC7NC(N4)C4CC(Oc8ccccc8)CCC74)C4CC(Oc7ccccc7)CCC64)C4CC(Oc6ccccc6)CCC54)C3C2)cc1. The maximum Gasteiger partial charge on any atom is 0.119 e. The number of rotatable bonds is 8. The van der Waals surface area contributed by atoms with Crippen LogP contribution in [-0.4, -0.2) is 73.7 Å². The van der Waals surface area contributed by atoms with Crippen molar-refractivity contribution in [2.45, 2.75) is 151 Å². The molecule has 13 rings (SSSR count). The van der Waals surface area contributed by atoms with Crippen LogP contribution in [0.1, 0.15) is 77.0 Å². The van der Waals surface area contributed by atoms with Crippen molar-refractivity contribution in [3.63, 3.8) is 0 Å². The Hall–Kier alpha value is -3.75. The van der Waals surface area contributed by atoms with E-state index in [1.807, 2.05) is 0 Å². The molecule has 4 aliphatic carbocycles. The van der Waals surface area contributed by atoms with Crippen molar-refractivity contribution in [1.29, 1.82) is 0 Å².